The molecule has 0 atom stereocenters. The van der Waals surface area contributed by atoms with E-state index in [2.05, 4.69) is 21.0 Å². The zero-order valence-corrected chi connectivity index (χ0v) is 20.3. The van der Waals surface area contributed by atoms with Crippen molar-refractivity contribution in [2.45, 2.75) is 18.4 Å². The van der Waals surface area contributed by atoms with Crippen LogP contribution in [-0.2, 0) is 21.4 Å². The lowest BCUT2D eigenvalue weighted by molar-refractivity contribution is -0.115. The monoisotopic (exact) mass is 505 g/mol. The first-order valence-corrected chi connectivity index (χ1v) is 12.1. The lowest BCUT2D eigenvalue weighted by Gasteiger charge is -2.11. The van der Waals surface area contributed by atoms with Gasteiger partial charge in [0.1, 0.15) is 0 Å². The Morgan fingerprint density at radius 1 is 1.00 bits per heavy atom. The van der Waals surface area contributed by atoms with Gasteiger partial charge in [0.05, 0.1) is 10.6 Å². The zero-order chi connectivity index (χ0) is 26.3. The number of benzene rings is 2. The number of nitrogens with zero attached hydrogens (tertiary/aromatic N) is 1. The molecule has 0 fully saturated rings. The van der Waals surface area contributed by atoms with Gasteiger partial charge in [-0.1, -0.05) is 6.07 Å². The van der Waals surface area contributed by atoms with Gasteiger partial charge in [0.25, 0.3) is 27.7 Å². The van der Waals surface area contributed by atoms with E-state index in [1.165, 1.54) is 31.3 Å². The molecule has 0 aliphatic carbocycles. The van der Waals surface area contributed by atoms with Crippen molar-refractivity contribution in [1.29, 1.82) is 0 Å². The van der Waals surface area contributed by atoms with Gasteiger partial charge in [-0.3, -0.25) is 24.8 Å². The van der Waals surface area contributed by atoms with E-state index >= 15 is 0 Å². The summed E-state index contributed by atoms with van der Waals surface area (Å²) < 4.78 is 25.3. The minimum absolute atomic E-state index is 0.156. The van der Waals surface area contributed by atoms with Crippen molar-refractivity contribution in [3.05, 3.63) is 83.0 Å². The van der Waals surface area contributed by atoms with Crippen molar-refractivity contribution in [2.75, 3.05) is 7.05 Å². The summed E-state index contributed by atoms with van der Waals surface area (Å²) in [5.74, 6) is 0.303. The Hall–Kier alpha value is -4.53. The summed E-state index contributed by atoms with van der Waals surface area (Å²) in [5.41, 5.74) is 5.20. The van der Waals surface area contributed by atoms with Gasteiger partial charge in [-0.25, -0.2) is 8.42 Å². The van der Waals surface area contributed by atoms with Crippen LogP contribution in [0.2, 0.25) is 0 Å². The SMILES string of the molecule is C#CC(=O)NCc1ccnc(-c2cc(C)cc(C(=O)NNS(=O)(=O)c3cccc(C(=O)NC)c3)c2)c1. The second-order valence-electron chi connectivity index (χ2n) is 7.63. The van der Waals surface area contributed by atoms with Gasteiger partial charge >= 0.3 is 0 Å². The Bertz CT molecular complexity index is 1480. The summed E-state index contributed by atoms with van der Waals surface area (Å²) in [4.78, 5) is 42.1. The number of hydrogen-bond acceptors (Lipinski definition) is 6. The number of hydrazine groups is 1. The summed E-state index contributed by atoms with van der Waals surface area (Å²) >= 11 is 0. The van der Waals surface area contributed by atoms with Crippen molar-refractivity contribution in [1.82, 2.24) is 25.9 Å². The van der Waals surface area contributed by atoms with E-state index in [4.69, 9.17) is 6.42 Å². The Balaban J connectivity index is 1.78. The molecular formula is C25H23N5O5S. The molecule has 0 saturated carbocycles. The average molecular weight is 506 g/mol. The highest BCUT2D eigenvalue weighted by Gasteiger charge is 2.18. The van der Waals surface area contributed by atoms with Crippen molar-refractivity contribution < 1.29 is 22.8 Å². The maximum absolute atomic E-state index is 12.8. The molecule has 11 heteroatoms. The molecule has 2 aromatic carbocycles. The summed E-state index contributed by atoms with van der Waals surface area (Å²) in [6.45, 7) is 1.99. The molecule has 1 heterocycles. The fraction of sp³-hybridized carbons (Fsp3) is 0.120. The third kappa shape index (κ3) is 6.53. The van der Waals surface area contributed by atoms with Gasteiger partial charge in [-0.15, -0.1) is 11.3 Å². The number of aromatic nitrogens is 1. The predicted molar refractivity (Wildman–Crippen MR) is 133 cm³/mol. The van der Waals surface area contributed by atoms with E-state index < -0.39 is 27.7 Å². The molecule has 0 aliphatic heterocycles. The molecule has 1 aromatic heterocycles. The first-order chi connectivity index (χ1) is 17.1. The number of aryl methyl sites for hydroxylation is 1. The van der Waals surface area contributed by atoms with Crippen LogP contribution in [0.3, 0.4) is 0 Å². The number of rotatable bonds is 8. The third-order valence-electron chi connectivity index (χ3n) is 4.98. The van der Waals surface area contributed by atoms with Gasteiger partial charge in [0.15, 0.2) is 0 Å². The lowest BCUT2D eigenvalue weighted by Crippen LogP contribution is -2.41. The standard InChI is InChI=1S/C25H23N5O5S/c1-4-23(31)28-15-17-8-9-27-22(12-17)19-10-16(2)11-20(13-19)25(33)29-30-36(34,35)21-7-5-6-18(14-21)24(32)26-3/h1,5-14,30H,15H2,2-3H3,(H,26,32)(H,28,31)(H,29,33). The first-order valence-electron chi connectivity index (χ1n) is 10.6. The number of carbonyl (C=O) groups excluding carboxylic acids is 3. The molecule has 3 aromatic rings. The maximum atomic E-state index is 12.8. The Kier molecular flexibility index (Phi) is 8.16. The number of pyridine rings is 1. The van der Waals surface area contributed by atoms with Crippen molar-refractivity contribution >= 4 is 27.7 Å². The fourth-order valence-electron chi connectivity index (χ4n) is 3.23. The molecule has 10 nitrogen and oxygen atoms in total. The van der Waals surface area contributed by atoms with Crippen LogP contribution in [0.15, 0.2) is 65.7 Å². The van der Waals surface area contributed by atoms with Crippen LogP contribution >= 0.6 is 0 Å². The summed E-state index contributed by atoms with van der Waals surface area (Å²) in [6.07, 6.45) is 6.62. The fourth-order valence-corrected chi connectivity index (χ4v) is 4.12. The molecule has 0 bridgehead atoms. The number of sulfonamides is 1. The number of amides is 3. The van der Waals surface area contributed by atoms with Crippen LogP contribution in [0, 0.1) is 19.3 Å². The van der Waals surface area contributed by atoms with Crippen LogP contribution < -0.4 is 20.9 Å². The zero-order valence-electron chi connectivity index (χ0n) is 19.5. The van der Waals surface area contributed by atoms with Crippen molar-refractivity contribution in [2.24, 2.45) is 0 Å². The summed E-state index contributed by atoms with van der Waals surface area (Å²) in [7, 11) is -2.71. The molecular weight excluding hydrogens is 482 g/mol. The van der Waals surface area contributed by atoms with E-state index in [-0.39, 0.29) is 22.6 Å². The number of hydrogen-bond donors (Lipinski definition) is 4. The third-order valence-corrected chi connectivity index (χ3v) is 6.22. The van der Waals surface area contributed by atoms with Gasteiger partial charge in [0, 0.05) is 36.5 Å². The molecule has 3 amide bonds. The average Bonchev–Trinajstić information content (AvgIpc) is 2.89. The van der Waals surface area contributed by atoms with Gasteiger partial charge in [-0.05, 0) is 72.5 Å². The van der Waals surface area contributed by atoms with Crippen LogP contribution in [0.5, 0.6) is 0 Å². The molecule has 184 valence electrons. The minimum atomic E-state index is -4.14. The first kappa shape index (κ1) is 26.1. The molecule has 0 spiro atoms. The topological polar surface area (TPSA) is 146 Å². The van der Waals surface area contributed by atoms with E-state index in [0.717, 1.165) is 11.1 Å². The highest BCUT2D eigenvalue weighted by molar-refractivity contribution is 7.89. The predicted octanol–water partition coefficient (Wildman–Crippen LogP) is 1.29. The second-order valence-corrected chi connectivity index (χ2v) is 9.31. The maximum Gasteiger partial charge on any atom is 0.295 e. The molecule has 3 rings (SSSR count). The Labute approximate surface area is 208 Å². The van der Waals surface area contributed by atoms with E-state index in [1.54, 1.807) is 37.4 Å². The highest BCUT2D eigenvalue weighted by Crippen LogP contribution is 2.22. The van der Waals surface area contributed by atoms with Crippen LogP contribution in [-0.4, -0.2) is 38.2 Å². The molecule has 0 saturated heterocycles. The Morgan fingerprint density at radius 3 is 2.50 bits per heavy atom. The normalized spacial score (nSPS) is 10.7. The van der Waals surface area contributed by atoms with Crippen LogP contribution in [0.1, 0.15) is 31.8 Å². The number of carbonyl (C=O) groups is 3. The highest BCUT2D eigenvalue weighted by atomic mass is 32.2. The van der Waals surface area contributed by atoms with Crippen LogP contribution in [0.25, 0.3) is 11.3 Å². The molecule has 36 heavy (non-hydrogen) atoms. The molecule has 0 unspecified atom stereocenters. The van der Waals surface area contributed by atoms with E-state index in [0.29, 0.717) is 11.3 Å². The molecule has 4 N–H and O–H groups in total. The quantitative estimate of drug-likeness (QED) is 0.268. The minimum Gasteiger partial charge on any atom is -0.355 e. The van der Waals surface area contributed by atoms with Crippen LogP contribution in [0.4, 0.5) is 0 Å². The van der Waals surface area contributed by atoms with Crippen molar-refractivity contribution in [3.8, 4) is 23.6 Å². The largest absolute Gasteiger partial charge is 0.355 e. The molecule has 0 radical (unpaired) electrons. The summed E-state index contributed by atoms with van der Waals surface area (Å²) in [5, 5.41) is 4.99. The second kappa shape index (κ2) is 11.3. The van der Waals surface area contributed by atoms with E-state index in [9.17, 15) is 22.8 Å². The van der Waals surface area contributed by atoms with Gasteiger partial charge in [-0.2, -0.15) is 0 Å². The number of nitrogens with one attached hydrogen (secondary N) is 4. The summed E-state index contributed by atoms with van der Waals surface area (Å²) in [6, 6.07) is 13.8. The van der Waals surface area contributed by atoms with Crippen molar-refractivity contribution in [3.63, 3.8) is 0 Å². The van der Waals surface area contributed by atoms with Gasteiger partial charge < -0.3 is 10.6 Å². The lowest BCUT2D eigenvalue weighted by atomic mass is 10.0. The Morgan fingerprint density at radius 2 is 1.78 bits per heavy atom. The van der Waals surface area contributed by atoms with Gasteiger partial charge in [0.2, 0.25) is 0 Å². The smallest absolute Gasteiger partial charge is 0.295 e. The molecule has 0 aliphatic rings. The van der Waals surface area contributed by atoms with E-state index in [1.807, 2.05) is 16.8 Å². The number of terminal acetylenes is 1.